The first-order valence-corrected chi connectivity index (χ1v) is 9.86. The summed E-state index contributed by atoms with van der Waals surface area (Å²) in [6.07, 6.45) is 0. The van der Waals surface area contributed by atoms with Crippen LogP contribution in [0.25, 0.3) is 0 Å². The molecule has 0 saturated carbocycles. The highest BCUT2D eigenvalue weighted by atomic mass is 32.2. The first kappa shape index (κ1) is 17.8. The molecule has 1 N–H and O–H groups in total. The Morgan fingerprint density at radius 2 is 1.93 bits per heavy atom. The third-order valence-electron chi connectivity index (χ3n) is 5.31. The zero-order chi connectivity index (χ0) is 19.1. The van der Waals surface area contributed by atoms with Crippen LogP contribution in [-0.2, 0) is 9.59 Å². The zero-order valence-electron chi connectivity index (χ0n) is 14.8. The average Bonchev–Trinajstić information content (AvgIpc) is 3.23. The minimum absolute atomic E-state index is 0.165. The van der Waals surface area contributed by atoms with E-state index in [4.69, 9.17) is 0 Å². The Bertz CT molecular complexity index is 802. The lowest BCUT2D eigenvalue weighted by Gasteiger charge is -2.36. The number of rotatable bonds is 3. The van der Waals surface area contributed by atoms with Crippen molar-refractivity contribution >= 4 is 34.8 Å². The molecule has 4 rings (SSSR count). The van der Waals surface area contributed by atoms with Gasteiger partial charge in [-0.25, -0.2) is 4.79 Å². The van der Waals surface area contributed by atoms with Gasteiger partial charge in [0.05, 0.1) is 12.6 Å². The Kier molecular flexibility index (Phi) is 4.55. The van der Waals surface area contributed by atoms with Crippen molar-refractivity contribution in [2.45, 2.75) is 25.0 Å². The van der Waals surface area contributed by atoms with Crippen molar-refractivity contribution in [3.8, 4) is 0 Å². The number of imide groups is 1. The van der Waals surface area contributed by atoms with E-state index in [1.165, 1.54) is 4.90 Å². The first-order chi connectivity index (χ1) is 13.0. The Morgan fingerprint density at radius 3 is 2.59 bits per heavy atom. The molecule has 0 radical (unpaired) electrons. The van der Waals surface area contributed by atoms with E-state index in [0.29, 0.717) is 18.8 Å². The van der Waals surface area contributed by atoms with Gasteiger partial charge in [0.1, 0.15) is 12.1 Å². The highest BCUT2D eigenvalue weighted by Crippen LogP contribution is 2.30. The van der Waals surface area contributed by atoms with Gasteiger partial charge in [-0.05, 0) is 12.5 Å². The van der Waals surface area contributed by atoms with E-state index in [9.17, 15) is 19.2 Å². The maximum atomic E-state index is 13.0. The Labute approximate surface area is 160 Å². The van der Waals surface area contributed by atoms with Crippen molar-refractivity contribution in [2.24, 2.45) is 0 Å². The van der Waals surface area contributed by atoms with Gasteiger partial charge in [-0.15, -0.1) is 0 Å². The summed E-state index contributed by atoms with van der Waals surface area (Å²) in [6, 6.07) is 7.52. The lowest BCUT2D eigenvalue weighted by Crippen LogP contribution is -2.58. The third kappa shape index (κ3) is 3.05. The highest BCUT2D eigenvalue weighted by Gasteiger charge is 2.50. The molecule has 3 heterocycles. The van der Waals surface area contributed by atoms with E-state index in [0.717, 1.165) is 17.3 Å². The van der Waals surface area contributed by atoms with Crippen molar-refractivity contribution in [1.82, 2.24) is 20.0 Å². The molecule has 142 valence electrons. The second-order valence-corrected chi connectivity index (χ2v) is 7.86. The Hall–Kier alpha value is -2.55. The van der Waals surface area contributed by atoms with Crippen LogP contribution in [0.1, 0.15) is 18.5 Å². The number of amides is 5. The van der Waals surface area contributed by atoms with Crippen molar-refractivity contribution < 1.29 is 19.2 Å². The van der Waals surface area contributed by atoms with Gasteiger partial charge in [-0.3, -0.25) is 19.3 Å². The molecule has 8 nitrogen and oxygen atoms in total. The van der Waals surface area contributed by atoms with Crippen LogP contribution in [0.4, 0.5) is 9.59 Å². The molecule has 3 saturated heterocycles. The maximum absolute atomic E-state index is 13.0. The fourth-order valence-corrected chi connectivity index (χ4v) is 4.56. The molecule has 0 bridgehead atoms. The van der Waals surface area contributed by atoms with Crippen LogP contribution in [0.5, 0.6) is 0 Å². The number of thioether (sulfide) groups is 1. The van der Waals surface area contributed by atoms with E-state index >= 15 is 0 Å². The molecular weight excluding hydrogens is 368 g/mol. The van der Waals surface area contributed by atoms with Crippen LogP contribution in [0, 0.1) is 0 Å². The number of hydrogen-bond donors (Lipinski definition) is 1. The number of urea groups is 1. The summed E-state index contributed by atoms with van der Waals surface area (Å²) >= 11 is 1.08. The van der Waals surface area contributed by atoms with Gasteiger partial charge in [0.2, 0.25) is 5.91 Å². The van der Waals surface area contributed by atoms with E-state index < -0.39 is 12.1 Å². The minimum atomic E-state index is -0.661. The summed E-state index contributed by atoms with van der Waals surface area (Å²) in [4.78, 5) is 54.2. The quantitative estimate of drug-likeness (QED) is 0.782. The summed E-state index contributed by atoms with van der Waals surface area (Å²) in [5.41, 5.74) is 0.887. The molecule has 1 aromatic carbocycles. The summed E-state index contributed by atoms with van der Waals surface area (Å²) in [5, 5.41) is 2.43. The van der Waals surface area contributed by atoms with Crippen molar-refractivity contribution in [3.05, 3.63) is 35.9 Å². The number of carbonyl (C=O) groups is 4. The maximum Gasteiger partial charge on any atom is 0.328 e. The highest BCUT2D eigenvalue weighted by molar-refractivity contribution is 8.14. The van der Waals surface area contributed by atoms with Gasteiger partial charge in [-0.1, -0.05) is 42.1 Å². The number of piperazine rings is 1. The molecule has 0 aromatic heterocycles. The zero-order valence-corrected chi connectivity index (χ0v) is 15.6. The fourth-order valence-electron chi connectivity index (χ4n) is 3.79. The van der Waals surface area contributed by atoms with Crippen LogP contribution in [-0.4, -0.2) is 75.3 Å². The van der Waals surface area contributed by atoms with E-state index in [-0.39, 0.29) is 35.7 Å². The Balaban J connectivity index is 1.49. The molecule has 3 fully saturated rings. The second kappa shape index (κ2) is 6.88. The molecule has 9 heteroatoms. The lowest BCUT2D eigenvalue weighted by molar-refractivity contribution is -0.137. The average molecular weight is 388 g/mol. The van der Waals surface area contributed by atoms with Gasteiger partial charge in [-0.2, -0.15) is 0 Å². The molecule has 0 spiro atoms. The molecule has 3 aliphatic heterocycles. The normalized spacial score (nSPS) is 26.3. The smallest absolute Gasteiger partial charge is 0.328 e. The van der Waals surface area contributed by atoms with Crippen LogP contribution in [0.2, 0.25) is 0 Å². The monoisotopic (exact) mass is 388 g/mol. The van der Waals surface area contributed by atoms with Gasteiger partial charge < -0.3 is 15.1 Å². The standard InChI is InChI=1S/C18H20N4O4S/c1-11(12-5-3-2-4-6-12)22-16(24)14-9-20(7-8-21(14)18(22)26)15(23)13-10-27-17(25)19-13/h2-6,11,13-14H,7-10H2,1H3,(H,19,25)/t11-,13-,14-/m0/s1. The summed E-state index contributed by atoms with van der Waals surface area (Å²) in [6.45, 7) is 2.67. The van der Waals surface area contributed by atoms with Gasteiger partial charge >= 0.3 is 6.03 Å². The minimum Gasteiger partial charge on any atom is -0.336 e. The molecule has 5 amide bonds. The number of nitrogens with one attached hydrogen (secondary N) is 1. The molecule has 3 atom stereocenters. The SMILES string of the molecule is C[C@@H](c1ccccc1)N1C(=O)[C@@H]2CN(C(=O)[C@@H]3CSC(=O)N3)CCN2C1=O. The predicted molar refractivity (Wildman–Crippen MR) is 99.0 cm³/mol. The topological polar surface area (TPSA) is 90.0 Å². The van der Waals surface area contributed by atoms with Crippen LogP contribution in [0.15, 0.2) is 30.3 Å². The van der Waals surface area contributed by atoms with Crippen LogP contribution < -0.4 is 5.32 Å². The van der Waals surface area contributed by atoms with Gasteiger partial charge in [0.15, 0.2) is 0 Å². The lowest BCUT2D eigenvalue weighted by atomic mass is 10.1. The summed E-state index contributed by atoms with van der Waals surface area (Å²) < 4.78 is 0. The summed E-state index contributed by atoms with van der Waals surface area (Å²) in [7, 11) is 0. The van der Waals surface area contributed by atoms with Gasteiger partial charge in [0.25, 0.3) is 11.1 Å². The van der Waals surface area contributed by atoms with Crippen molar-refractivity contribution in [2.75, 3.05) is 25.4 Å². The van der Waals surface area contributed by atoms with E-state index in [2.05, 4.69) is 5.32 Å². The molecular formula is C18H20N4O4S. The summed E-state index contributed by atoms with van der Waals surface area (Å²) in [5.74, 6) is -0.0754. The largest absolute Gasteiger partial charge is 0.336 e. The third-order valence-corrected chi connectivity index (χ3v) is 6.19. The molecule has 0 unspecified atom stereocenters. The van der Waals surface area contributed by atoms with Crippen molar-refractivity contribution in [1.29, 1.82) is 0 Å². The number of nitrogens with zero attached hydrogens (tertiary/aromatic N) is 3. The van der Waals surface area contributed by atoms with Crippen molar-refractivity contribution in [3.63, 3.8) is 0 Å². The molecule has 3 aliphatic rings. The predicted octanol–water partition coefficient (Wildman–Crippen LogP) is 1.05. The molecule has 0 aliphatic carbocycles. The second-order valence-electron chi connectivity index (χ2n) is 6.87. The molecule has 1 aromatic rings. The fraction of sp³-hybridized carbons (Fsp3) is 0.444. The molecule has 27 heavy (non-hydrogen) atoms. The first-order valence-electron chi connectivity index (χ1n) is 8.88. The van der Waals surface area contributed by atoms with Gasteiger partial charge in [0, 0.05) is 18.8 Å². The Morgan fingerprint density at radius 1 is 1.19 bits per heavy atom. The van der Waals surface area contributed by atoms with Crippen LogP contribution >= 0.6 is 11.8 Å². The number of fused-ring (bicyclic) bond motifs is 1. The number of carbonyl (C=O) groups excluding carboxylic acids is 4. The number of hydrogen-bond acceptors (Lipinski definition) is 5. The number of benzene rings is 1. The van der Waals surface area contributed by atoms with Crippen LogP contribution in [0.3, 0.4) is 0 Å². The van der Waals surface area contributed by atoms with E-state index in [1.54, 1.807) is 9.80 Å². The van der Waals surface area contributed by atoms with E-state index in [1.807, 2.05) is 37.3 Å².